The van der Waals surface area contributed by atoms with Crippen LogP contribution in [0, 0.1) is 0 Å². The Kier molecular flexibility index (Phi) is 3.73. The Morgan fingerprint density at radius 3 is 2.95 bits per heavy atom. The molecule has 0 heteroatoms. The van der Waals surface area contributed by atoms with Crippen molar-refractivity contribution in [1.29, 1.82) is 0 Å². The van der Waals surface area contributed by atoms with Crippen molar-refractivity contribution < 1.29 is 0 Å². The monoisotopic (exact) mass is 262 g/mol. The van der Waals surface area contributed by atoms with Gasteiger partial charge in [0, 0.05) is 0 Å². The van der Waals surface area contributed by atoms with E-state index >= 15 is 0 Å². The van der Waals surface area contributed by atoms with Gasteiger partial charge in [0.15, 0.2) is 0 Å². The minimum atomic E-state index is 1.14. The van der Waals surface area contributed by atoms with E-state index in [4.69, 9.17) is 0 Å². The lowest BCUT2D eigenvalue weighted by atomic mass is 9.91. The minimum Gasteiger partial charge on any atom is -0.0870 e. The van der Waals surface area contributed by atoms with Crippen LogP contribution in [0.5, 0.6) is 0 Å². The molecule has 0 fully saturated rings. The maximum Gasteiger partial charge on any atom is -0.00701 e. The van der Waals surface area contributed by atoms with Gasteiger partial charge in [-0.15, -0.1) is 0 Å². The summed E-state index contributed by atoms with van der Waals surface area (Å²) in [6.45, 7) is 4.38. The Hall–Kier alpha value is -1.82. The van der Waals surface area contributed by atoms with Crippen LogP contribution in [0.4, 0.5) is 0 Å². The summed E-state index contributed by atoms with van der Waals surface area (Å²) in [5.41, 5.74) is 8.86. The lowest BCUT2D eigenvalue weighted by Gasteiger charge is -2.13. The predicted octanol–water partition coefficient (Wildman–Crippen LogP) is 5.72. The molecule has 0 radical (unpaired) electrons. The Morgan fingerprint density at radius 1 is 1.25 bits per heavy atom. The fourth-order valence-corrected chi connectivity index (χ4v) is 3.37. The Balaban J connectivity index is 2.27. The van der Waals surface area contributed by atoms with E-state index < -0.39 is 0 Å². The first kappa shape index (κ1) is 13.2. The van der Waals surface area contributed by atoms with Crippen molar-refractivity contribution in [2.45, 2.75) is 39.5 Å². The summed E-state index contributed by atoms with van der Waals surface area (Å²) in [6.07, 6.45) is 16.0. The highest BCUT2D eigenvalue weighted by atomic mass is 14.3. The molecule has 0 unspecified atom stereocenters. The Morgan fingerprint density at radius 2 is 2.15 bits per heavy atom. The van der Waals surface area contributed by atoms with Crippen LogP contribution < -0.4 is 0 Å². The molecule has 0 nitrogen and oxygen atoms in total. The highest BCUT2D eigenvalue weighted by Gasteiger charge is 2.26. The number of allylic oxidation sites excluding steroid dienone is 8. The molecule has 1 aromatic carbocycles. The number of rotatable bonds is 3. The molecule has 3 rings (SSSR count). The van der Waals surface area contributed by atoms with Gasteiger partial charge >= 0.3 is 0 Å². The van der Waals surface area contributed by atoms with Crippen LogP contribution in [0.1, 0.15) is 49.8 Å². The SMILES string of the molecule is C/C=C\C1=C(CCC)C2=C/C=C\CCc3cccc1c3\2. The van der Waals surface area contributed by atoms with Crippen molar-refractivity contribution in [3.05, 3.63) is 70.8 Å². The average Bonchev–Trinajstić information content (AvgIpc) is 2.71. The predicted molar refractivity (Wildman–Crippen MR) is 88.5 cm³/mol. The molecule has 0 aliphatic heterocycles. The van der Waals surface area contributed by atoms with Crippen molar-refractivity contribution in [3.8, 4) is 0 Å². The van der Waals surface area contributed by atoms with Gasteiger partial charge in [-0.2, -0.15) is 0 Å². The molecule has 0 atom stereocenters. The first-order valence-electron chi connectivity index (χ1n) is 7.72. The van der Waals surface area contributed by atoms with Gasteiger partial charge in [-0.25, -0.2) is 0 Å². The van der Waals surface area contributed by atoms with Gasteiger partial charge in [0.2, 0.25) is 0 Å². The highest BCUT2D eigenvalue weighted by molar-refractivity contribution is 6.04. The van der Waals surface area contributed by atoms with Gasteiger partial charge in [0.1, 0.15) is 0 Å². The average molecular weight is 262 g/mol. The van der Waals surface area contributed by atoms with E-state index in [1.165, 1.54) is 39.8 Å². The highest BCUT2D eigenvalue weighted by Crippen LogP contribution is 2.46. The van der Waals surface area contributed by atoms with Gasteiger partial charge in [0.05, 0.1) is 0 Å². The summed E-state index contributed by atoms with van der Waals surface area (Å²) in [4.78, 5) is 0. The number of hydrogen-bond acceptors (Lipinski definition) is 0. The molecule has 1 aromatic rings. The largest absolute Gasteiger partial charge is 0.0870 e. The minimum absolute atomic E-state index is 1.14. The normalized spacial score (nSPS) is 21.4. The van der Waals surface area contributed by atoms with Crippen LogP contribution >= 0.6 is 0 Å². The topological polar surface area (TPSA) is 0 Å². The van der Waals surface area contributed by atoms with E-state index in [9.17, 15) is 0 Å². The lowest BCUT2D eigenvalue weighted by Crippen LogP contribution is -1.95. The van der Waals surface area contributed by atoms with Gasteiger partial charge in [-0.05, 0) is 59.6 Å². The van der Waals surface area contributed by atoms with Crippen molar-refractivity contribution >= 4 is 11.1 Å². The van der Waals surface area contributed by atoms with Crippen LogP contribution in [0.15, 0.2) is 54.2 Å². The van der Waals surface area contributed by atoms with Crippen molar-refractivity contribution in [2.24, 2.45) is 0 Å². The van der Waals surface area contributed by atoms with Crippen LogP contribution in [-0.2, 0) is 6.42 Å². The molecule has 20 heavy (non-hydrogen) atoms. The lowest BCUT2D eigenvalue weighted by molar-refractivity contribution is 0.934. The molecule has 0 N–H and O–H groups in total. The summed E-state index contributed by atoms with van der Waals surface area (Å²) in [7, 11) is 0. The van der Waals surface area contributed by atoms with Gasteiger partial charge < -0.3 is 0 Å². The molecule has 2 aliphatic carbocycles. The molecule has 0 aromatic heterocycles. The second-order valence-corrected chi connectivity index (χ2v) is 5.53. The molecule has 2 aliphatic rings. The summed E-state index contributed by atoms with van der Waals surface area (Å²) < 4.78 is 0. The van der Waals surface area contributed by atoms with Crippen LogP contribution in [0.2, 0.25) is 0 Å². The molecule has 0 spiro atoms. The summed E-state index contributed by atoms with van der Waals surface area (Å²) >= 11 is 0. The molecule has 0 heterocycles. The van der Waals surface area contributed by atoms with Crippen LogP contribution in [0.3, 0.4) is 0 Å². The molecule has 0 bridgehead atoms. The maximum atomic E-state index is 2.32. The molecular weight excluding hydrogens is 240 g/mol. The third kappa shape index (κ3) is 2.10. The van der Waals surface area contributed by atoms with Crippen molar-refractivity contribution in [3.63, 3.8) is 0 Å². The summed E-state index contributed by atoms with van der Waals surface area (Å²) in [5.74, 6) is 0. The molecule has 0 saturated carbocycles. The molecule has 0 saturated heterocycles. The van der Waals surface area contributed by atoms with Gasteiger partial charge in [-0.1, -0.05) is 61.9 Å². The van der Waals surface area contributed by atoms with E-state index in [2.05, 4.69) is 62.4 Å². The first-order chi connectivity index (χ1) is 9.86. The third-order valence-electron chi connectivity index (χ3n) is 4.17. The number of benzene rings is 1. The zero-order valence-corrected chi connectivity index (χ0v) is 12.4. The molecule has 102 valence electrons. The van der Waals surface area contributed by atoms with E-state index in [1.54, 1.807) is 0 Å². The fourth-order valence-electron chi connectivity index (χ4n) is 3.37. The number of hydrogen-bond donors (Lipinski definition) is 0. The van der Waals surface area contributed by atoms with E-state index in [-0.39, 0.29) is 0 Å². The van der Waals surface area contributed by atoms with Gasteiger partial charge in [0.25, 0.3) is 0 Å². The van der Waals surface area contributed by atoms with Crippen LogP contribution in [0.25, 0.3) is 11.1 Å². The second kappa shape index (κ2) is 5.66. The quantitative estimate of drug-likeness (QED) is 0.654. The Bertz CT molecular complexity index is 636. The van der Waals surface area contributed by atoms with E-state index in [0.717, 1.165) is 19.3 Å². The number of aryl methyl sites for hydroxylation is 1. The van der Waals surface area contributed by atoms with Crippen molar-refractivity contribution in [1.82, 2.24) is 0 Å². The molecule has 0 amide bonds. The maximum absolute atomic E-state index is 2.32. The first-order valence-corrected chi connectivity index (χ1v) is 7.72. The fraction of sp³-hybridized carbons (Fsp3) is 0.300. The van der Waals surface area contributed by atoms with Crippen molar-refractivity contribution in [2.75, 3.05) is 0 Å². The van der Waals surface area contributed by atoms with E-state index in [0.29, 0.717) is 0 Å². The smallest absolute Gasteiger partial charge is 0.00701 e. The second-order valence-electron chi connectivity index (χ2n) is 5.53. The zero-order chi connectivity index (χ0) is 13.9. The van der Waals surface area contributed by atoms with Gasteiger partial charge in [-0.3, -0.25) is 0 Å². The standard InChI is InChI=1S/C20H22/c1-3-9-16-17(10-4-2)19-14-8-12-15-11-6-5-7-13-18(16)20(15)19/h4-5,7-8,10,12-14H,3,6,9,11H2,1-2H3/b7-5-,10-4-,18-13-. The summed E-state index contributed by atoms with van der Waals surface area (Å²) in [6, 6.07) is 6.81. The Labute approximate surface area is 122 Å². The molecular formula is C20H22. The van der Waals surface area contributed by atoms with E-state index in [1.807, 2.05) is 0 Å². The van der Waals surface area contributed by atoms with Crippen LogP contribution in [-0.4, -0.2) is 0 Å². The zero-order valence-electron chi connectivity index (χ0n) is 12.4. The third-order valence-corrected chi connectivity index (χ3v) is 4.17. The summed E-state index contributed by atoms with van der Waals surface area (Å²) in [5, 5.41) is 0.